The first-order valence-corrected chi connectivity index (χ1v) is 6.21. The second-order valence-electron chi connectivity index (χ2n) is 5.92. The highest BCUT2D eigenvalue weighted by Gasteiger charge is 2.33. The molecular weight excluding hydrogens is 196 g/mol. The van der Waals surface area contributed by atoms with Gasteiger partial charge in [0.15, 0.2) is 0 Å². The Labute approximate surface area is 98.3 Å². The van der Waals surface area contributed by atoms with Crippen molar-refractivity contribution in [2.75, 3.05) is 0 Å². The molecule has 1 aliphatic rings. The van der Waals surface area contributed by atoms with Crippen molar-refractivity contribution in [3.8, 4) is 0 Å². The zero-order chi connectivity index (χ0) is 11.6. The van der Waals surface area contributed by atoms with Crippen LogP contribution in [-0.2, 0) is 5.54 Å². The molecule has 0 saturated heterocycles. The number of hydrogen-bond acceptors (Lipinski definition) is 2. The van der Waals surface area contributed by atoms with Crippen LogP contribution >= 0.6 is 0 Å². The quantitative estimate of drug-likeness (QED) is 0.735. The molecule has 1 fully saturated rings. The third kappa shape index (κ3) is 2.43. The van der Waals surface area contributed by atoms with Crippen LogP contribution in [0.2, 0.25) is 0 Å². The molecule has 2 rings (SSSR count). The van der Waals surface area contributed by atoms with Crippen LogP contribution in [0.3, 0.4) is 0 Å². The molecule has 0 spiro atoms. The maximum absolute atomic E-state index is 6.56. The molecular formula is C14H22N2. The summed E-state index contributed by atoms with van der Waals surface area (Å²) in [7, 11) is 0. The number of pyridine rings is 1. The lowest BCUT2D eigenvalue weighted by Crippen LogP contribution is -2.36. The van der Waals surface area contributed by atoms with E-state index in [-0.39, 0.29) is 5.54 Å². The Bertz CT molecular complexity index is 345. The first kappa shape index (κ1) is 11.6. The molecule has 16 heavy (non-hydrogen) atoms. The topological polar surface area (TPSA) is 38.9 Å². The van der Waals surface area contributed by atoms with Gasteiger partial charge in [-0.3, -0.25) is 4.98 Å². The summed E-state index contributed by atoms with van der Waals surface area (Å²) in [6.45, 7) is 4.70. The van der Waals surface area contributed by atoms with Crippen molar-refractivity contribution in [2.24, 2.45) is 11.1 Å². The highest BCUT2D eigenvalue weighted by molar-refractivity contribution is 5.20. The van der Waals surface area contributed by atoms with Gasteiger partial charge in [0.2, 0.25) is 0 Å². The minimum atomic E-state index is -0.151. The number of nitrogens with zero attached hydrogens (tertiary/aromatic N) is 1. The van der Waals surface area contributed by atoms with E-state index in [1.54, 1.807) is 0 Å². The minimum Gasteiger partial charge on any atom is -0.321 e. The molecule has 1 aromatic heterocycles. The van der Waals surface area contributed by atoms with E-state index in [0.29, 0.717) is 5.41 Å². The van der Waals surface area contributed by atoms with E-state index in [2.05, 4.69) is 24.9 Å². The van der Waals surface area contributed by atoms with E-state index in [1.807, 2.05) is 18.5 Å². The fourth-order valence-electron chi connectivity index (χ4n) is 2.64. The predicted molar refractivity (Wildman–Crippen MR) is 67.0 cm³/mol. The second-order valence-corrected chi connectivity index (χ2v) is 5.92. The van der Waals surface area contributed by atoms with Gasteiger partial charge in [0.25, 0.3) is 0 Å². The maximum Gasteiger partial charge on any atom is 0.0425 e. The van der Waals surface area contributed by atoms with Crippen molar-refractivity contribution < 1.29 is 0 Å². The molecule has 0 radical (unpaired) electrons. The molecule has 2 nitrogen and oxygen atoms in total. The van der Waals surface area contributed by atoms with E-state index < -0.39 is 0 Å². The molecule has 1 heterocycles. The largest absolute Gasteiger partial charge is 0.321 e. The van der Waals surface area contributed by atoms with Gasteiger partial charge in [0, 0.05) is 17.9 Å². The van der Waals surface area contributed by atoms with Crippen molar-refractivity contribution in [1.82, 2.24) is 4.98 Å². The molecule has 1 saturated carbocycles. The van der Waals surface area contributed by atoms with Crippen LogP contribution in [0, 0.1) is 5.41 Å². The normalized spacial score (nSPS) is 29.7. The number of aromatic nitrogens is 1. The molecule has 1 aromatic rings. The summed E-state index contributed by atoms with van der Waals surface area (Å²) in [6.07, 6.45) is 9.61. The molecule has 1 aliphatic carbocycles. The van der Waals surface area contributed by atoms with Gasteiger partial charge < -0.3 is 5.73 Å². The zero-order valence-electron chi connectivity index (χ0n) is 10.4. The van der Waals surface area contributed by atoms with Crippen LogP contribution in [0.25, 0.3) is 0 Å². The standard InChI is InChI=1S/C14H22N2/c1-13(2)6-4-7-14(15,9-8-13)12-5-3-10-16-11-12/h3,5,10-11H,4,6-9,15H2,1-2H3. The van der Waals surface area contributed by atoms with E-state index in [9.17, 15) is 0 Å². The van der Waals surface area contributed by atoms with Crippen LogP contribution in [0.1, 0.15) is 51.5 Å². The molecule has 0 bridgehead atoms. The average molecular weight is 218 g/mol. The van der Waals surface area contributed by atoms with Crippen LogP contribution in [-0.4, -0.2) is 4.98 Å². The summed E-state index contributed by atoms with van der Waals surface area (Å²) in [5.41, 5.74) is 8.06. The third-order valence-electron chi connectivity index (χ3n) is 3.96. The van der Waals surface area contributed by atoms with Crippen molar-refractivity contribution >= 4 is 0 Å². The molecule has 2 heteroatoms. The lowest BCUT2D eigenvalue weighted by molar-refractivity contribution is 0.299. The van der Waals surface area contributed by atoms with Crippen LogP contribution in [0.15, 0.2) is 24.5 Å². The molecule has 1 atom stereocenters. The smallest absolute Gasteiger partial charge is 0.0425 e. The van der Waals surface area contributed by atoms with Crippen molar-refractivity contribution in [1.29, 1.82) is 0 Å². The van der Waals surface area contributed by atoms with Gasteiger partial charge in [-0.25, -0.2) is 0 Å². The fourth-order valence-corrected chi connectivity index (χ4v) is 2.64. The average Bonchev–Trinajstić information content (AvgIpc) is 2.41. The Morgan fingerprint density at radius 2 is 2.00 bits per heavy atom. The third-order valence-corrected chi connectivity index (χ3v) is 3.96. The second kappa shape index (κ2) is 4.17. The van der Waals surface area contributed by atoms with Gasteiger partial charge in [0.05, 0.1) is 0 Å². The van der Waals surface area contributed by atoms with E-state index in [0.717, 1.165) is 12.8 Å². The molecule has 0 aliphatic heterocycles. The van der Waals surface area contributed by atoms with Crippen molar-refractivity contribution in [2.45, 2.75) is 51.5 Å². The Morgan fingerprint density at radius 1 is 1.19 bits per heavy atom. The first-order valence-electron chi connectivity index (χ1n) is 6.21. The highest BCUT2D eigenvalue weighted by Crippen LogP contribution is 2.41. The molecule has 1 unspecified atom stereocenters. The van der Waals surface area contributed by atoms with Crippen LogP contribution < -0.4 is 5.73 Å². The Hall–Kier alpha value is -0.890. The van der Waals surface area contributed by atoms with Gasteiger partial charge in [-0.2, -0.15) is 0 Å². The first-order chi connectivity index (χ1) is 7.52. The lowest BCUT2D eigenvalue weighted by atomic mass is 9.81. The summed E-state index contributed by atoms with van der Waals surface area (Å²) in [5.74, 6) is 0. The molecule has 2 N–H and O–H groups in total. The van der Waals surface area contributed by atoms with Gasteiger partial charge >= 0.3 is 0 Å². The fraction of sp³-hybridized carbons (Fsp3) is 0.643. The Kier molecular flexibility index (Phi) is 3.02. The van der Waals surface area contributed by atoms with Gasteiger partial charge in [0.1, 0.15) is 0 Å². The van der Waals surface area contributed by atoms with Crippen LogP contribution in [0.5, 0.6) is 0 Å². The monoisotopic (exact) mass is 218 g/mol. The minimum absolute atomic E-state index is 0.151. The summed E-state index contributed by atoms with van der Waals surface area (Å²) in [5, 5.41) is 0. The number of hydrogen-bond donors (Lipinski definition) is 1. The van der Waals surface area contributed by atoms with Gasteiger partial charge in [-0.15, -0.1) is 0 Å². The number of nitrogens with two attached hydrogens (primary N) is 1. The van der Waals surface area contributed by atoms with Crippen molar-refractivity contribution in [3.05, 3.63) is 30.1 Å². The van der Waals surface area contributed by atoms with E-state index in [1.165, 1.54) is 24.8 Å². The van der Waals surface area contributed by atoms with Gasteiger partial charge in [-0.1, -0.05) is 26.3 Å². The number of rotatable bonds is 1. The van der Waals surface area contributed by atoms with Crippen LogP contribution in [0.4, 0.5) is 0 Å². The van der Waals surface area contributed by atoms with Gasteiger partial charge in [-0.05, 0) is 42.7 Å². The summed E-state index contributed by atoms with van der Waals surface area (Å²) >= 11 is 0. The Morgan fingerprint density at radius 3 is 2.69 bits per heavy atom. The molecule has 0 amide bonds. The molecule has 0 aromatic carbocycles. The van der Waals surface area contributed by atoms with Crippen molar-refractivity contribution in [3.63, 3.8) is 0 Å². The predicted octanol–water partition coefficient (Wildman–Crippen LogP) is 3.23. The summed E-state index contributed by atoms with van der Waals surface area (Å²) in [6, 6.07) is 4.10. The SMILES string of the molecule is CC1(C)CCCC(N)(c2cccnc2)CC1. The zero-order valence-corrected chi connectivity index (χ0v) is 10.4. The van der Waals surface area contributed by atoms with E-state index >= 15 is 0 Å². The Balaban J connectivity index is 2.20. The lowest BCUT2D eigenvalue weighted by Gasteiger charge is -2.29. The summed E-state index contributed by atoms with van der Waals surface area (Å²) in [4.78, 5) is 4.19. The van der Waals surface area contributed by atoms with E-state index in [4.69, 9.17) is 5.73 Å². The molecule has 88 valence electrons. The maximum atomic E-state index is 6.56. The summed E-state index contributed by atoms with van der Waals surface area (Å²) < 4.78 is 0. The highest BCUT2D eigenvalue weighted by atomic mass is 14.8.